The number of ether oxygens (including phenoxy) is 3. The summed E-state index contributed by atoms with van der Waals surface area (Å²) in [6.45, 7) is 3.74. The zero-order valence-electron chi connectivity index (χ0n) is 22.6. The third-order valence-corrected chi connectivity index (χ3v) is 7.71. The SMILES string of the molecule is CCOC(=O)c1ccc(-c2ccc(/C=c3\sc4n(c3=O)[C@@H](c3cc(Cl)ccc3OC)C(C(=O)OC)=C(C)N=4)o2)cc1. The van der Waals surface area contributed by atoms with Gasteiger partial charge in [0.05, 0.1) is 42.2 Å². The fourth-order valence-electron chi connectivity index (χ4n) is 4.61. The Labute approximate surface area is 243 Å². The number of aromatic nitrogens is 1. The number of rotatable bonds is 7. The molecular weight excluding hydrogens is 568 g/mol. The van der Waals surface area contributed by atoms with E-state index in [0.717, 1.165) is 5.56 Å². The molecule has 0 radical (unpaired) electrons. The number of thiazole rings is 1. The number of hydrogen-bond donors (Lipinski definition) is 0. The Morgan fingerprint density at radius 2 is 1.85 bits per heavy atom. The molecule has 210 valence electrons. The van der Waals surface area contributed by atoms with Crippen LogP contribution in [-0.4, -0.2) is 37.3 Å². The van der Waals surface area contributed by atoms with Crippen molar-refractivity contribution in [3.63, 3.8) is 0 Å². The van der Waals surface area contributed by atoms with Crippen LogP contribution in [0, 0.1) is 0 Å². The molecule has 2 aromatic carbocycles. The highest BCUT2D eigenvalue weighted by Gasteiger charge is 2.35. The lowest BCUT2D eigenvalue weighted by atomic mass is 9.95. The topological polar surface area (TPSA) is 109 Å². The van der Waals surface area contributed by atoms with E-state index in [4.69, 9.17) is 30.2 Å². The molecule has 9 nitrogen and oxygen atoms in total. The maximum Gasteiger partial charge on any atom is 0.338 e. The number of fused-ring (bicyclic) bond motifs is 1. The second-order valence-electron chi connectivity index (χ2n) is 8.96. The quantitative estimate of drug-likeness (QED) is 0.291. The highest BCUT2D eigenvalue weighted by Crippen LogP contribution is 2.37. The Morgan fingerprint density at radius 3 is 2.54 bits per heavy atom. The summed E-state index contributed by atoms with van der Waals surface area (Å²) in [4.78, 5) is 43.7. The van der Waals surface area contributed by atoms with Gasteiger partial charge in [-0.1, -0.05) is 35.1 Å². The van der Waals surface area contributed by atoms with Gasteiger partial charge in [-0.05, 0) is 56.3 Å². The molecule has 41 heavy (non-hydrogen) atoms. The van der Waals surface area contributed by atoms with Crippen molar-refractivity contribution in [2.45, 2.75) is 19.9 Å². The molecule has 0 bridgehead atoms. The van der Waals surface area contributed by atoms with Gasteiger partial charge in [0.2, 0.25) is 0 Å². The Kier molecular flexibility index (Phi) is 7.96. The maximum atomic E-state index is 13.8. The van der Waals surface area contributed by atoms with Crippen molar-refractivity contribution in [2.24, 2.45) is 4.99 Å². The molecule has 4 aromatic rings. The van der Waals surface area contributed by atoms with Gasteiger partial charge in [-0.25, -0.2) is 14.6 Å². The summed E-state index contributed by atoms with van der Waals surface area (Å²) in [5.74, 6) is 0.450. The van der Waals surface area contributed by atoms with Crippen molar-refractivity contribution in [3.8, 4) is 17.1 Å². The summed E-state index contributed by atoms with van der Waals surface area (Å²) in [5.41, 5.74) is 1.98. The minimum Gasteiger partial charge on any atom is -0.496 e. The average molecular weight is 593 g/mol. The Hall–Kier alpha value is -4.41. The van der Waals surface area contributed by atoms with Gasteiger partial charge >= 0.3 is 11.9 Å². The molecular formula is C30H25ClN2O7S. The van der Waals surface area contributed by atoms with Crippen molar-refractivity contribution >= 4 is 41.0 Å². The maximum absolute atomic E-state index is 13.8. The van der Waals surface area contributed by atoms with Crippen molar-refractivity contribution in [3.05, 3.63) is 107 Å². The van der Waals surface area contributed by atoms with E-state index in [9.17, 15) is 14.4 Å². The molecule has 0 saturated carbocycles. The van der Waals surface area contributed by atoms with Crippen molar-refractivity contribution in [1.29, 1.82) is 0 Å². The van der Waals surface area contributed by atoms with E-state index in [1.54, 1.807) is 74.5 Å². The van der Waals surface area contributed by atoms with Gasteiger partial charge in [-0.2, -0.15) is 0 Å². The molecule has 1 aliphatic heterocycles. The first kappa shape index (κ1) is 28.1. The Balaban J connectivity index is 1.59. The molecule has 3 heterocycles. The number of hydrogen-bond acceptors (Lipinski definition) is 9. The number of methoxy groups -OCH3 is 2. The molecule has 0 unspecified atom stereocenters. The van der Waals surface area contributed by atoms with Crippen LogP contribution in [0.1, 0.15) is 41.6 Å². The summed E-state index contributed by atoms with van der Waals surface area (Å²) in [6.07, 6.45) is 1.63. The van der Waals surface area contributed by atoms with Crippen LogP contribution in [0.4, 0.5) is 0 Å². The van der Waals surface area contributed by atoms with Crippen LogP contribution in [0.25, 0.3) is 17.4 Å². The summed E-state index contributed by atoms with van der Waals surface area (Å²) in [6, 6.07) is 14.5. The van der Waals surface area contributed by atoms with Crippen molar-refractivity contribution in [1.82, 2.24) is 4.57 Å². The third-order valence-electron chi connectivity index (χ3n) is 6.49. The van der Waals surface area contributed by atoms with Gasteiger partial charge in [-0.3, -0.25) is 9.36 Å². The number of carbonyl (C=O) groups is 2. The Morgan fingerprint density at radius 1 is 1.10 bits per heavy atom. The first-order valence-electron chi connectivity index (χ1n) is 12.6. The third kappa shape index (κ3) is 5.36. The largest absolute Gasteiger partial charge is 0.496 e. The minimum atomic E-state index is -0.875. The second kappa shape index (κ2) is 11.6. The normalized spacial score (nSPS) is 14.9. The fourth-order valence-corrected chi connectivity index (χ4v) is 5.81. The number of carbonyl (C=O) groups excluding carboxylic acids is 2. The molecule has 0 amide bonds. The standard InChI is InChI=1S/C30H25ClN2O7S/c1-5-39-28(35)18-8-6-17(7-9-18)22-13-11-20(40-22)15-24-27(34)33-26(21-14-19(31)10-12-23(21)37-3)25(29(36)38-4)16(2)32-30(33)41-24/h6-15,26H,5H2,1-4H3/b24-15-/t26-/m0/s1. The molecule has 0 aliphatic carbocycles. The number of esters is 2. The van der Waals surface area contributed by atoms with Crippen LogP contribution < -0.4 is 19.6 Å². The average Bonchev–Trinajstić information content (AvgIpc) is 3.56. The van der Waals surface area contributed by atoms with Crippen LogP contribution in [0.15, 0.2) is 80.1 Å². The van der Waals surface area contributed by atoms with Crippen LogP contribution in [0.2, 0.25) is 5.02 Å². The van der Waals surface area contributed by atoms with E-state index in [2.05, 4.69) is 4.99 Å². The summed E-state index contributed by atoms with van der Waals surface area (Å²) >= 11 is 7.49. The molecule has 11 heteroatoms. The lowest BCUT2D eigenvalue weighted by Crippen LogP contribution is -2.40. The number of allylic oxidation sites excluding steroid dienone is 1. The molecule has 2 aromatic heterocycles. The van der Waals surface area contributed by atoms with Gasteiger partial charge in [-0.15, -0.1) is 0 Å². The fraction of sp³-hybridized carbons (Fsp3) is 0.200. The zero-order chi connectivity index (χ0) is 29.3. The van der Waals surface area contributed by atoms with Gasteiger partial charge < -0.3 is 18.6 Å². The summed E-state index contributed by atoms with van der Waals surface area (Å²) in [7, 11) is 2.78. The molecule has 0 spiro atoms. The highest BCUT2D eigenvalue weighted by molar-refractivity contribution is 7.07. The van der Waals surface area contributed by atoms with Crippen LogP contribution in [0.3, 0.4) is 0 Å². The molecule has 0 fully saturated rings. The number of benzene rings is 2. The monoisotopic (exact) mass is 592 g/mol. The highest BCUT2D eigenvalue weighted by atomic mass is 35.5. The van der Waals surface area contributed by atoms with Crippen LogP contribution in [0.5, 0.6) is 5.75 Å². The van der Waals surface area contributed by atoms with E-state index in [-0.39, 0.29) is 11.1 Å². The van der Waals surface area contributed by atoms with Crippen LogP contribution >= 0.6 is 22.9 Å². The predicted molar refractivity (Wildman–Crippen MR) is 154 cm³/mol. The van der Waals surface area contributed by atoms with E-state index in [0.29, 0.717) is 55.1 Å². The van der Waals surface area contributed by atoms with Gasteiger partial charge in [0.15, 0.2) is 4.80 Å². The summed E-state index contributed by atoms with van der Waals surface area (Å²) < 4.78 is 23.5. The smallest absolute Gasteiger partial charge is 0.338 e. The molecule has 1 atom stereocenters. The first-order chi connectivity index (χ1) is 19.7. The lowest BCUT2D eigenvalue weighted by Gasteiger charge is -2.25. The van der Waals surface area contributed by atoms with E-state index in [1.165, 1.54) is 30.1 Å². The van der Waals surface area contributed by atoms with Gasteiger partial charge in [0, 0.05) is 22.2 Å². The second-order valence-corrected chi connectivity index (χ2v) is 10.4. The first-order valence-corrected chi connectivity index (χ1v) is 13.8. The minimum absolute atomic E-state index is 0.207. The van der Waals surface area contributed by atoms with Gasteiger partial charge in [0.1, 0.15) is 23.3 Å². The van der Waals surface area contributed by atoms with Crippen molar-refractivity contribution < 1.29 is 28.2 Å². The van der Waals surface area contributed by atoms with E-state index >= 15 is 0 Å². The molecule has 5 rings (SSSR count). The summed E-state index contributed by atoms with van der Waals surface area (Å²) in [5, 5.41) is 0.417. The number of furan rings is 1. The zero-order valence-corrected chi connectivity index (χ0v) is 24.2. The molecule has 0 N–H and O–H groups in total. The Bertz CT molecular complexity index is 1870. The van der Waals surface area contributed by atoms with Gasteiger partial charge in [0.25, 0.3) is 5.56 Å². The number of nitrogens with zero attached hydrogens (tertiary/aromatic N) is 2. The predicted octanol–water partition coefficient (Wildman–Crippen LogP) is 4.51. The van der Waals surface area contributed by atoms with Crippen LogP contribution in [-0.2, 0) is 14.3 Å². The molecule has 0 saturated heterocycles. The lowest BCUT2D eigenvalue weighted by molar-refractivity contribution is -0.136. The number of halogens is 1. The van der Waals surface area contributed by atoms with Crippen molar-refractivity contribution in [2.75, 3.05) is 20.8 Å². The van der Waals surface area contributed by atoms with E-state index in [1.807, 2.05) is 0 Å². The molecule has 1 aliphatic rings. The van der Waals surface area contributed by atoms with E-state index < -0.39 is 18.0 Å².